The molecule has 1 amide bonds. The monoisotopic (exact) mass is 312 g/mol. The number of nitrogens with one attached hydrogen (secondary N) is 1. The van der Waals surface area contributed by atoms with E-state index in [0.717, 1.165) is 10.6 Å². The van der Waals surface area contributed by atoms with Crippen LogP contribution >= 0.6 is 34.7 Å². The van der Waals surface area contributed by atoms with Crippen LogP contribution in [0.15, 0.2) is 40.1 Å². The summed E-state index contributed by atoms with van der Waals surface area (Å²) in [7, 11) is 0. The van der Waals surface area contributed by atoms with Gasteiger partial charge in [0.25, 0.3) is 0 Å². The van der Waals surface area contributed by atoms with Gasteiger partial charge >= 0.3 is 0 Å². The van der Waals surface area contributed by atoms with Crippen molar-refractivity contribution in [3.8, 4) is 0 Å². The fraction of sp³-hybridized carbons (Fsp3) is 0.231. The lowest BCUT2D eigenvalue weighted by molar-refractivity contribution is -0.115. The number of pyridine rings is 1. The van der Waals surface area contributed by atoms with Crippen molar-refractivity contribution < 1.29 is 4.79 Å². The minimum atomic E-state index is -0.115. The Bertz CT molecular complexity index is 528. The predicted octanol–water partition coefficient (Wildman–Crippen LogP) is 4.31. The predicted molar refractivity (Wildman–Crippen MR) is 82.1 cm³/mol. The Morgan fingerprint density at radius 2 is 2.37 bits per heavy atom. The third-order valence-electron chi connectivity index (χ3n) is 2.40. The average Bonchev–Trinajstić information content (AvgIpc) is 2.91. The first-order valence-electron chi connectivity index (χ1n) is 5.81. The Morgan fingerprint density at radius 3 is 2.95 bits per heavy atom. The van der Waals surface area contributed by atoms with Gasteiger partial charge < -0.3 is 5.32 Å². The Kier molecular flexibility index (Phi) is 5.24. The molecule has 2 aromatic rings. The quantitative estimate of drug-likeness (QED) is 0.837. The highest BCUT2D eigenvalue weighted by Crippen LogP contribution is 2.30. The highest BCUT2D eigenvalue weighted by atomic mass is 35.5. The zero-order valence-electron chi connectivity index (χ0n) is 10.3. The molecule has 0 saturated heterocycles. The number of halogens is 1. The van der Waals surface area contributed by atoms with Crippen LogP contribution in [-0.4, -0.2) is 16.1 Å². The molecular formula is C13H13ClN2OS2. The van der Waals surface area contributed by atoms with Crippen LogP contribution < -0.4 is 5.32 Å². The van der Waals surface area contributed by atoms with Crippen molar-refractivity contribution in [1.82, 2.24) is 4.98 Å². The van der Waals surface area contributed by atoms with E-state index in [9.17, 15) is 4.79 Å². The summed E-state index contributed by atoms with van der Waals surface area (Å²) < 4.78 is 1.14. The molecule has 19 heavy (non-hydrogen) atoms. The highest BCUT2D eigenvalue weighted by Gasteiger charge is 2.18. The molecule has 2 aromatic heterocycles. The number of anilines is 1. The maximum Gasteiger partial charge on any atom is 0.239 e. The van der Waals surface area contributed by atoms with E-state index in [2.05, 4.69) is 10.3 Å². The zero-order valence-corrected chi connectivity index (χ0v) is 12.7. The molecule has 0 bridgehead atoms. The molecule has 0 radical (unpaired) electrons. The Balaban J connectivity index is 1.98. The lowest BCUT2D eigenvalue weighted by atomic mass is 10.3. The SMILES string of the molecule is CCC(Sc1cccs1)C(=O)Nc1ccc(Cl)cn1. The second-order valence-corrected chi connectivity index (χ2v) is 6.68. The minimum Gasteiger partial charge on any atom is -0.310 e. The molecule has 100 valence electrons. The summed E-state index contributed by atoms with van der Waals surface area (Å²) in [5.41, 5.74) is 0. The second kappa shape index (κ2) is 6.93. The molecule has 1 atom stereocenters. The van der Waals surface area contributed by atoms with Gasteiger partial charge in [0, 0.05) is 6.20 Å². The molecule has 0 aliphatic rings. The van der Waals surface area contributed by atoms with Crippen LogP contribution in [0.2, 0.25) is 5.02 Å². The standard InChI is InChI=1S/C13H13ClN2OS2/c1-2-10(19-12-4-3-7-18-12)13(17)16-11-6-5-9(14)8-15-11/h3-8,10H,2H2,1H3,(H,15,16,17). The first kappa shape index (κ1) is 14.4. The first-order chi connectivity index (χ1) is 9.19. The largest absolute Gasteiger partial charge is 0.310 e. The molecule has 2 rings (SSSR count). The molecule has 0 spiro atoms. The van der Waals surface area contributed by atoms with Crippen molar-refractivity contribution in [2.75, 3.05) is 5.32 Å². The molecule has 0 aliphatic heterocycles. The second-order valence-electron chi connectivity index (χ2n) is 3.80. The molecule has 2 heterocycles. The summed E-state index contributed by atoms with van der Waals surface area (Å²) in [5.74, 6) is 0.496. The van der Waals surface area contributed by atoms with Gasteiger partial charge in [0.15, 0.2) is 0 Å². The fourth-order valence-corrected chi connectivity index (χ4v) is 3.52. The molecule has 0 saturated carbocycles. The lowest BCUT2D eigenvalue weighted by Gasteiger charge is -2.13. The van der Waals surface area contributed by atoms with E-state index in [-0.39, 0.29) is 11.2 Å². The molecule has 0 aromatic carbocycles. The van der Waals surface area contributed by atoms with Crippen LogP contribution in [-0.2, 0) is 4.79 Å². The minimum absolute atomic E-state index is 0.0317. The van der Waals surface area contributed by atoms with Crippen molar-refractivity contribution in [3.05, 3.63) is 40.9 Å². The molecule has 0 aliphatic carbocycles. The third-order valence-corrected chi connectivity index (χ3v) is 5.06. The summed E-state index contributed by atoms with van der Waals surface area (Å²) >= 11 is 8.98. The van der Waals surface area contributed by atoms with Crippen molar-refractivity contribution >= 4 is 46.4 Å². The van der Waals surface area contributed by atoms with Gasteiger partial charge in [-0.2, -0.15) is 0 Å². The lowest BCUT2D eigenvalue weighted by Crippen LogP contribution is -2.24. The van der Waals surface area contributed by atoms with Gasteiger partial charge in [-0.15, -0.1) is 23.1 Å². The smallest absolute Gasteiger partial charge is 0.239 e. The van der Waals surface area contributed by atoms with Crippen LogP contribution in [0, 0.1) is 0 Å². The number of carbonyl (C=O) groups is 1. The topological polar surface area (TPSA) is 42.0 Å². The summed E-state index contributed by atoms with van der Waals surface area (Å²) in [4.78, 5) is 16.2. The van der Waals surface area contributed by atoms with Crippen molar-refractivity contribution in [2.45, 2.75) is 22.8 Å². The summed E-state index contributed by atoms with van der Waals surface area (Å²) in [6, 6.07) is 7.41. The maximum absolute atomic E-state index is 12.2. The number of carbonyl (C=O) groups excluding carboxylic acids is 1. The molecule has 1 unspecified atom stereocenters. The van der Waals surface area contributed by atoms with E-state index in [4.69, 9.17) is 11.6 Å². The maximum atomic E-state index is 12.2. The van der Waals surface area contributed by atoms with Gasteiger partial charge in [-0.3, -0.25) is 4.79 Å². The molecule has 6 heteroatoms. The Morgan fingerprint density at radius 1 is 1.53 bits per heavy atom. The van der Waals surface area contributed by atoms with E-state index < -0.39 is 0 Å². The van der Waals surface area contributed by atoms with E-state index in [0.29, 0.717) is 10.8 Å². The third kappa shape index (κ3) is 4.23. The van der Waals surface area contributed by atoms with Crippen molar-refractivity contribution in [3.63, 3.8) is 0 Å². The number of thiophene rings is 1. The number of nitrogens with zero attached hydrogens (tertiary/aromatic N) is 1. The van der Waals surface area contributed by atoms with E-state index in [1.54, 1.807) is 35.2 Å². The van der Waals surface area contributed by atoms with Gasteiger partial charge in [-0.1, -0.05) is 24.6 Å². The van der Waals surface area contributed by atoms with Crippen LogP contribution in [0.4, 0.5) is 5.82 Å². The zero-order chi connectivity index (χ0) is 13.7. The van der Waals surface area contributed by atoms with Crippen molar-refractivity contribution in [1.29, 1.82) is 0 Å². The molecular weight excluding hydrogens is 300 g/mol. The summed E-state index contributed by atoms with van der Waals surface area (Å²) in [5, 5.41) is 5.25. The number of aromatic nitrogens is 1. The number of amides is 1. The van der Waals surface area contributed by atoms with Crippen LogP contribution in [0.1, 0.15) is 13.3 Å². The average molecular weight is 313 g/mol. The van der Waals surface area contributed by atoms with Gasteiger partial charge in [0.2, 0.25) is 5.91 Å². The van der Waals surface area contributed by atoms with Crippen LogP contribution in [0.5, 0.6) is 0 Å². The fourth-order valence-electron chi connectivity index (χ4n) is 1.45. The van der Waals surface area contributed by atoms with Crippen LogP contribution in [0.3, 0.4) is 0 Å². The number of thioether (sulfide) groups is 1. The molecule has 1 N–H and O–H groups in total. The number of hydrogen-bond donors (Lipinski definition) is 1. The van der Waals surface area contributed by atoms with Gasteiger partial charge in [0.1, 0.15) is 5.82 Å². The van der Waals surface area contributed by atoms with E-state index >= 15 is 0 Å². The summed E-state index contributed by atoms with van der Waals surface area (Å²) in [6.45, 7) is 2.00. The van der Waals surface area contributed by atoms with Gasteiger partial charge in [0.05, 0.1) is 14.5 Å². The van der Waals surface area contributed by atoms with E-state index in [1.807, 2.05) is 24.4 Å². The molecule has 0 fully saturated rings. The first-order valence-corrected chi connectivity index (χ1v) is 7.95. The Hall–Kier alpha value is -1.04. The molecule has 3 nitrogen and oxygen atoms in total. The summed E-state index contributed by atoms with van der Waals surface area (Å²) in [6.07, 6.45) is 2.28. The number of hydrogen-bond acceptors (Lipinski definition) is 4. The van der Waals surface area contributed by atoms with Gasteiger partial charge in [-0.25, -0.2) is 4.98 Å². The Labute approximate surface area is 125 Å². The van der Waals surface area contributed by atoms with Gasteiger partial charge in [-0.05, 0) is 30.0 Å². The number of rotatable bonds is 5. The van der Waals surface area contributed by atoms with E-state index in [1.165, 1.54) is 6.20 Å². The normalized spacial score (nSPS) is 12.1. The van der Waals surface area contributed by atoms with Crippen LogP contribution in [0.25, 0.3) is 0 Å². The van der Waals surface area contributed by atoms with Crippen molar-refractivity contribution in [2.24, 2.45) is 0 Å². The highest BCUT2D eigenvalue weighted by molar-refractivity contribution is 8.02.